The van der Waals surface area contributed by atoms with E-state index in [1.807, 2.05) is 6.07 Å². The van der Waals surface area contributed by atoms with Crippen LogP contribution in [0.15, 0.2) is 41.8 Å². The second-order valence-electron chi connectivity index (χ2n) is 5.08. The van der Waals surface area contributed by atoms with Gasteiger partial charge in [-0.3, -0.25) is 0 Å². The Morgan fingerprint density at radius 1 is 1.16 bits per heavy atom. The van der Waals surface area contributed by atoms with E-state index in [4.69, 9.17) is 0 Å². The quantitative estimate of drug-likeness (QED) is 0.845. The highest BCUT2D eigenvalue weighted by Crippen LogP contribution is 2.25. The molecule has 2 nitrogen and oxygen atoms in total. The van der Waals surface area contributed by atoms with Gasteiger partial charge >= 0.3 is 0 Å². The first-order valence-electron chi connectivity index (χ1n) is 6.67. The first kappa shape index (κ1) is 14.3. The van der Waals surface area contributed by atoms with Crippen molar-refractivity contribution in [2.45, 2.75) is 26.4 Å². The van der Waals surface area contributed by atoms with Crippen LogP contribution in [0.2, 0.25) is 0 Å². The van der Waals surface area contributed by atoms with E-state index >= 15 is 0 Å². The van der Waals surface area contributed by atoms with Crippen molar-refractivity contribution >= 4 is 11.3 Å². The molecule has 0 aliphatic rings. The van der Waals surface area contributed by atoms with Crippen LogP contribution in [-0.2, 0) is 6.54 Å². The van der Waals surface area contributed by atoms with Gasteiger partial charge in [0, 0.05) is 17.5 Å². The Bertz CT molecular complexity index is 492. The maximum atomic E-state index is 9.30. The van der Waals surface area contributed by atoms with E-state index in [0.717, 1.165) is 6.54 Å². The van der Waals surface area contributed by atoms with Crippen LogP contribution in [0.5, 0.6) is 0 Å². The minimum atomic E-state index is 0.169. The highest BCUT2D eigenvalue weighted by atomic mass is 32.1. The second-order valence-corrected chi connectivity index (χ2v) is 6.08. The van der Waals surface area contributed by atoms with Crippen molar-refractivity contribution in [3.8, 4) is 11.1 Å². The van der Waals surface area contributed by atoms with Crippen LogP contribution >= 0.6 is 11.3 Å². The molecule has 1 unspecified atom stereocenters. The predicted octanol–water partition coefficient (Wildman–Crippen LogP) is 3.52. The third-order valence-electron chi connectivity index (χ3n) is 3.30. The zero-order valence-corrected chi connectivity index (χ0v) is 12.3. The summed E-state index contributed by atoms with van der Waals surface area (Å²) in [5.41, 5.74) is 2.53. The highest BCUT2D eigenvalue weighted by Gasteiger charge is 2.11. The van der Waals surface area contributed by atoms with E-state index < -0.39 is 0 Å². The number of hydrogen-bond acceptors (Lipinski definition) is 3. The fourth-order valence-corrected chi connectivity index (χ4v) is 2.84. The Morgan fingerprint density at radius 2 is 1.89 bits per heavy atom. The molecule has 0 aliphatic heterocycles. The lowest BCUT2D eigenvalue weighted by molar-refractivity contribution is 0.210. The molecule has 0 saturated carbocycles. The first-order valence-corrected chi connectivity index (χ1v) is 7.55. The zero-order chi connectivity index (χ0) is 13.7. The van der Waals surface area contributed by atoms with Gasteiger partial charge in [-0.15, -0.1) is 11.3 Å². The number of thiophene rings is 1. The molecular formula is C16H21NOS. The van der Waals surface area contributed by atoms with Crippen molar-refractivity contribution < 1.29 is 5.11 Å². The van der Waals surface area contributed by atoms with Crippen LogP contribution in [0.25, 0.3) is 11.1 Å². The average molecular weight is 275 g/mol. The monoisotopic (exact) mass is 275 g/mol. The summed E-state index contributed by atoms with van der Waals surface area (Å²) in [7, 11) is 0. The third-order valence-corrected chi connectivity index (χ3v) is 4.24. The molecular weight excluding hydrogens is 254 g/mol. The van der Waals surface area contributed by atoms with Gasteiger partial charge in [-0.1, -0.05) is 44.2 Å². The molecule has 1 heterocycles. The van der Waals surface area contributed by atoms with E-state index in [9.17, 15) is 5.11 Å². The molecule has 19 heavy (non-hydrogen) atoms. The predicted molar refractivity (Wildman–Crippen MR) is 82.3 cm³/mol. The highest BCUT2D eigenvalue weighted by molar-refractivity contribution is 7.10. The second kappa shape index (κ2) is 6.85. The van der Waals surface area contributed by atoms with E-state index in [-0.39, 0.29) is 12.6 Å². The largest absolute Gasteiger partial charge is 0.395 e. The van der Waals surface area contributed by atoms with Gasteiger partial charge in [0.25, 0.3) is 0 Å². The molecule has 0 radical (unpaired) electrons. The van der Waals surface area contributed by atoms with Crippen LogP contribution in [-0.4, -0.2) is 17.8 Å². The van der Waals surface area contributed by atoms with Crippen molar-refractivity contribution in [2.75, 3.05) is 6.61 Å². The Hall–Kier alpha value is -1.16. The van der Waals surface area contributed by atoms with Crippen LogP contribution in [0.4, 0.5) is 0 Å². The fourth-order valence-electron chi connectivity index (χ4n) is 2.00. The molecule has 0 fully saturated rings. The van der Waals surface area contributed by atoms with Gasteiger partial charge in [-0.05, 0) is 28.5 Å². The summed E-state index contributed by atoms with van der Waals surface area (Å²) in [6, 6.07) is 12.8. The maximum Gasteiger partial charge on any atom is 0.0587 e. The van der Waals surface area contributed by atoms with Gasteiger partial charge < -0.3 is 10.4 Å². The molecule has 3 heteroatoms. The molecule has 0 aliphatic carbocycles. The summed E-state index contributed by atoms with van der Waals surface area (Å²) >= 11 is 1.76. The molecule has 1 aromatic carbocycles. The van der Waals surface area contributed by atoms with Crippen LogP contribution in [0.3, 0.4) is 0 Å². The molecule has 1 atom stereocenters. The Labute approximate surface area is 119 Å². The van der Waals surface area contributed by atoms with Gasteiger partial charge in [0.2, 0.25) is 0 Å². The average Bonchev–Trinajstić information content (AvgIpc) is 2.89. The molecule has 2 N–H and O–H groups in total. The number of aliphatic hydroxyl groups excluding tert-OH is 1. The lowest BCUT2D eigenvalue weighted by atomic mass is 10.1. The molecule has 2 aromatic rings. The van der Waals surface area contributed by atoms with E-state index in [2.05, 4.69) is 54.9 Å². The molecule has 102 valence electrons. The summed E-state index contributed by atoms with van der Waals surface area (Å²) in [4.78, 5) is 1.30. The summed E-state index contributed by atoms with van der Waals surface area (Å²) in [5, 5.41) is 14.9. The minimum absolute atomic E-state index is 0.169. The van der Waals surface area contributed by atoms with Gasteiger partial charge in [0.05, 0.1) is 6.61 Å². The summed E-state index contributed by atoms with van der Waals surface area (Å²) < 4.78 is 0. The van der Waals surface area contributed by atoms with Crippen LogP contribution < -0.4 is 5.32 Å². The summed E-state index contributed by atoms with van der Waals surface area (Å²) in [5.74, 6) is 0.443. The molecule has 2 rings (SSSR count). The first-order chi connectivity index (χ1) is 9.20. The normalized spacial score (nSPS) is 12.8. The zero-order valence-electron chi connectivity index (χ0n) is 11.5. The topological polar surface area (TPSA) is 32.3 Å². The number of aliphatic hydroxyl groups is 1. The lowest BCUT2D eigenvalue weighted by Gasteiger charge is -2.19. The molecule has 0 bridgehead atoms. The van der Waals surface area contributed by atoms with E-state index in [0.29, 0.717) is 5.92 Å². The van der Waals surface area contributed by atoms with Crippen LogP contribution in [0.1, 0.15) is 18.7 Å². The lowest BCUT2D eigenvalue weighted by Crippen LogP contribution is -2.36. The van der Waals surface area contributed by atoms with Crippen molar-refractivity contribution in [1.82, 2.24) is 5.32 Å². The number of rotatable bonds is 6. The number of nitrogens with one attached hydrogen (secondary N) is 1. The Morgan fingerprint density at radius 3 is 2.53 bits per heavy atom. The Kier molecular flexibility index (Phi) is 5.14. The molecule has 0 saturated heterocycles. The van der Waals surface area contributed by atoms with Crippen LogP contribution in [0, 0.1) is 5.92 Å². The van der Waals surface area contributed by atoms with E-state index in [1.54, 1.807) is 11.3 Å². The smallest absolute Gasteiger partial charge is 0.0587 e. The van der Waals surface area contributed by atoms with Crippen molar-refractivity contribution in [3.05, 3.63) is 46.7 Å². The fraction of sp³-hybridized carbons (Fsp3) is 0.375. The SMILES string of the molecule is CC(C)C(CO)NCc1cc(-c2ccccc2)cs1. The third kappa shape index (κ3) is 3.90. The molecule has 1 aromatic heterocycles. The molecule has 0 amide bonds. The minimum Gasteiger partial charge on any atom is -0.395 e. The summed E-state index contributed by atoms with van der Waals surface area (Å²) in [6.07, 6.45) is 0. The standard InChI is InChI=1S/C16H21NOS/c1-12(2)16(10-18)17-9-15-8-14(11-19-15)13-6-4-3-5-7-13/h3-8,11-12,16-18H,9-10H2,1-2H3. The van der Waals surface area contributed by atoms with Crippen molar-refractivity contribution in [1.29, 1.82) is 0 Å². The Balaban J connectivity index is 1.98. The van der Waals surface area contributed by atoms with Gasteiger partial charge in [-0.2, -0.15) is 0 Å². The van der Waals surface area contributed by atoms with Gasteiger partial charge in [-0.25, -0.2) is 0 Å². The van der Waals surface area contributed by atoms with E-state index in [1.165, 1.54) is 16.0 Å². The molecule has 0 spiro atoms. The number of benzene rings is 1. The van der Waals surface area contributed by atoms with Crippen molar-refractivity contribution in [2.24, 2.45) is 5.92 Å². The maximum absolute atomic E-state index is 9.30. The summed E-state index contributed by atoms with van der Waals surface area (Å²) in [6.45, 7) is 5.25. The van der Waals surface area contributed by atoms with Gasteiger partial charge in [0.1, 0.15) is 0 Å². The van der Waals surface area contributed by atoms with Gasteiger partial charge in [0.15, 0.2) is 0 Å². The number of hydrogen-bond donors (Lipinski definition) is 2. The van der Waals surface area contributed by atoms with Crippen molar-refractivity contribution in [3.63, 3.8) is 0 Å².